The lowest BCUT2D eigenvalue weighted by Gasteiger charge is -2.31. The maximum absolute atomic E-state index is 5.86. The normalized spacial score (nSPS) is 18.5. The highest BCUT2D eigenvalue weighted by Crippen LogP contribution is 2.20. The summed E-state index contributed by atoms with van der Waals surface area (Å²) < 4.78 is 5.15. The van der Waals surface area contributed by atoms with E-state index in [1.54, 1.807) is 0 Å². The molecule has 0 bridgehead atoms. The van der Waals surface area contributed by atoms with Gasteiger partial charge in [-0.2, -0.15) is 0 Å². The maximum Gasteiger partial charge on any atom is 0.0643 e. The van der Waals surface area contributed by atoms with Crippen LogP contribution < -0.4 is 5.32 Å². The fraction of sp³-hybridized carbons (Fsp3) is 0.500. The van der Waals surface area contributed by atoms with Crippen molar-refractivity contribution < 1.29 is 4.74 Å². The Hall–Kier alpha value is -0.570. The van der Waals surface area contributed by atoms with Gasteiger partial charge in [-0.15, -0.1) is 0 Å². The maximum atomic E-state index is 5.86. The smallest absolute Gasteiger partial charge is 0.0643 e. The molecular weight excluding hydrogens is 210 g/mol. The van der Waals surface area contributed by atoms with Crippen LogP contribution in [0.4, 0.5) is 0 Å². The lowest BCUT2D eigenvalue weighted by atomic mass is 10.0. The van der Waals surface area contributed by atoms with Crippen molar-refractivity contribution in [1.82, 2.24) is 5.32 Å². The molecule has 3 heteroatoms. The summed E-state index contributed by atoms with van der Waals surface area (Å²) in [4.78, 5) is 0. The van der Waals surface area contributed by atoms with E-state index < -0.39 is 0 Å². The number of ether oxygens (including phenoxy) is 1. The lowest BCUT2D eigenvalue weighted by molar-refractivity contribution is -0.0103. The summed E-state index contributed by atoms with van der Waals surface area (Å²) in [5.41, 5.74) is 1.30. The van der Waals surface area contributed by atoms with E-state index in [4.69, 9.17) is 16.3 Å². The minimum Gasteiger partial charge on any atom is -0.378 e. The van der Waals surface area contributed by atoms with Gasteiger partial charge < -0.3 is 10.1 Å². The van der Waals surface area contributed by atoms with Gasteiger partial charge in [0.2, 0.25) is 0 Å². The third-order valence-electron chi connectivity index (χ3n) is 2.76. The van der Waals surface area contributed by atoms with Gasteiger partial charge in [-0.25, -0.2) is 0 Å². The zero-order chi connectivity index (χ0) is 10.7. The van der Waals surface area contributed by atoms with Crippen LogP contribution in [0.5, 0.6) is 0 Å². The Morgan fingerprint density at radius 2 is 2.07 bits per heavy atom. The first kappa shape index (κ1) is 10.9. The van der Waals surface area contributed by atoms with Crippen molar-refractivity contribution in [3.8, 4) is 0 Å². The molecule has 2 nitrogen and oxygen atoms in total. The molecule has 2 rings (SSSR count). The Labute approximate surface area is 95.6 Å². The van der Waals surface area contributed by atoms with Crippen molar-refractivity contribution >= 4 is 11.6 Å². The van der Waals surface area contributed by atoms with Crippen LogP contribution in [-0.4, -0.2) is 19.3 Å². The first-order valence-electron chi connectivity index (χ1n) is 5.39. The number of rotatable bonds is 4. The van der Waals surface area contributed by atoms with Crippen molar-refractivity contribution in [2.24, 2.45) is 0 Å². The van der Waals surface area contributed by atoms with Gasteiger partial charge >= 0.3 is 0 Å². The Morgan fingerprint density at radius 3 is 2.53 bits per heavy atom. The van der Waals surface area contributed by atoms with Crippen molar-refractivity contribution in [3.05, 3.63) is 34.9 Å². The highest BCUT2D eigenvalue weighted by Gasteiger charge is 2.21. The Balaban J connectivity index is 2.01. The van der Waals surface area contributed by atoms with Crippen molar-refractivity contribution in [3.63, 3.8) is 0 Å². The predicted molar refractivity (Wildman–Crippen MR) is 62.2 cm³/mol. The molecule has 0 amide bonds. The molecule has 1 aromatic rings. The average Bonchev–Trinajstić information content (AvgIpc) is 2.19. The topological polar surface area (TPSA) is 21.3 Å². The van der Waals surface area contributed by atoms with E-state index in [2.05, 4.69) is 24.4 Å². The Kier molecular flexibility index (Phi) is 3.62. The molecule has 0 radical (unpaired) electrons. The molecule has 1 unspecified atom stereocenters. The third kappa shape index (κ3) is 2.71. The lowest BCUT2D eigenvalue weighted by Crippen LogP contribution is -2.47. The highest BCUT2D eigenvalue weighted by atomic mass is 35.5. The van der Waals surface area contributed by atoms with Crippen LogP contribution in [-0.2, 0) is 4.74 Å². The van der Waals surface area contributed by atoms with E-state index in [9.17, 15) is 0 Å². The van der Waals surface area contributed by atoms with Gasteiger partial charge in [-0.05, 0) is 24.1 Å². The molecule has 1 N–H and O–H groups in total. The summed E-state index contributed by atoms with van der Waals surface area (Å²) in [5, 5.41) is 4.36. The first-order chi connectivity index (χ1) is 7.29. The van der Waals surface area contributed by atoms with Gasteiger partial charge in [0, 0.05) is 11.1 Å². The summed E-state index contributed by atoms with van der Waals surface area (Å²) in [7, 11) is 0. The van der Waals surface area contributed by atoms with Crippen LogP contribution in [0.2, 0.25) is 5.02 Å². The fourth-order valence-corrected chi connectivity index (χ4v) is 1.89. The SMILES string of the molecule is CCC(NC1COC1)c1ccc(Cl)cc1. The summed E-state index contributed by atoms with van der Waals surface area (Å²) in [6.07, 6.45) is 1.08. The zero-order valence-electron chi connectivity index (χ0n) is 8.87. The number of hydrogen-bond donors (Lipinski definition) is 1. The molecule has 0 aromatic heterocycles. The summed E-state index contributed by atoms with van der Waals surface area (Å²) in [6.45, 7) is 3.86. The van der Waals surface area contributed by atoms with Gasteiger partial charge in [0.15, 0.2) is 0 Å². The fourth-order valence-electron chi connectivity index (χ4n) is 1.76. The van der Waals surface area contributed by atoms with Crippen molar-refractivity contribution in [1.29, 1.82) is 0 Å². The second kappa shape index (κ2) is 4.97. The standard InChI is InChI=1S/C12H16ClNO/c1-2-12(14-11-7-15-8-11)9-3-5-10(13)6-4-9/h3-6,11-12,14H,2,7-8H2,1H3. The molecule has 1 fully saturated rings. The molecule has 15 heavy (non-hydrogen) atoms. The van der Waals surface area contributed by atoms with Gasteiger partial charge in [0.1, 0.15) is 0 Å². The minimum absolute atomic E-state index is 0.413. The second-order valence-corrected chi connectivity index (χ2v) is 4.35. The molecule has 1 atom stereocenters. The summed E-state index contributed by atoms with van der Waals surface area (Å²) in [5.74, 6) is 0. The molecule has 1 saturated heterocycles. The van der Waals surface area contributed by atoms with Crippen molar-refractivity contribution in [2.45, 2.75) is 25.4 Å². The molecule has 1 aliphatic heterocycles. The molecule has 1 aliphatic rings. The van der Waals surface area contributed by atoms with Crippen LogP contribution >= 0.6 is 11.6 Å². The molecule has 0 spiro atoms. The van der Waals surface area contributed by atoms with Crippen LogP contribution in [0.1, 0.15) is 24.9 Å². The van der Waals surface area contributed by atoms with Crippen LogP contribution in [0.15, 0.2) is 24.3 Å². The second-order valence-electron chi connectivity index (χ2n) is 3.91. The quantitative estimate of drug-likeness (QED) is 0.851. The number of halogens is 1. The van der Waals surface area contributed by atoms with E-state index in [1.165, 1.54) is 5.56 Å². The minimum atomic E-state index is 0.413. The molecule has 1 heterocycles. The third-order valence-corrected chi connectivity index (χ3v) is 3.01. The monoisotopic (exact) mass is 225 g/mol. The molecule has 0 saturated carbocycles. The van der Waals surface area contributed by atoms with Crippen LogP contribution in [0.3, 0.4) is 0 Å². The van der Waals surface area contributed by atoms with Gasteiger partial charge in [-0.3, -0.25) is 0 Å². The molecule has 1 aromatic carbocycles. The molecular formula is C12H16ClNO. The molecule has 0 aliphatic carbocycles. The largest absolute Gasteiger partial charge is 0.378 e. The number of nitrogens with one attached hydrogen (secondary N) is 1. The number of benzene rings is 1. The van der Waals surface area contributed by atoms with Crippen molar-refractivity contribution in [2.75, 3.05) is 13.2 Å². The van der Waals surface area contributed by atoms with E-state index in [0.29, 0.717) is 12.1 Å². The van der Waals surface area contributed by atoms with Crippen LogP contribution in [0, 0.1) is 0 Å². The zero-order valence-corrected chi connectivity index (χ0v) is 9.63. The van der Waals surface area contributed by atoms with Gasteiger partial charge in [0.05, 0.1) is 19.3 Å². The highest BCUT2D eigenvalue weighted by molar-refractivity contribution is 6.30. The predicted octanol–water partition coefficient (Wildman–Crippen LogP) is 2.78. The van der Waals surface area contributed by atoms with E-state index >= 15 is 0 Å². The summed E-state index contributed by atoms with van der Waals surface area (Å²) >= 11 is 5.86. The summed E-state index contributed by atoms with van der Waals surface area (Å²) in [6, 6.07) is 8.99. The first-order valence-corrected chi connectivity index (χ1v) is 5.76. The average molecular weight is 226 g/mol. The van der Waals surface area contributed by atoms with E-state index in [0.717, 1.165) is 24.7 Å². The van der Waals surface area contributed by atoms with E-state index in [1.807, 2.05) is 12.1 Å². The Morgan fingerprint density at radius 1 is 1.40 bits per heavy atom. The van der Waals surface area contributed by atoms with Crippen LogP contribution in [0.25, 0.3) is 0 Å². The molecule has 82 valence electrons. The number of hydrogen-bond acceptors (Lipinski definition) is 2. The van der Waals surface area contributed by atoms with E-state index in [-0.39, 0.29) is 0 Å². The van der Waals surface area contributed by atoms with Gasteiger partial charge in [0.25, 0.3) is 0 Å². The Bertz CT molecular complexity index is 308. The van der Waals surface area contributed by atoms with Gasteiger partial charge in [-0.1, -0.05) is 30.7 Å².